The highest BCUT2D eigenvalue weighted by Crippen LogP contribution is 2.52. The number of hydrogen-bond acceptors (Lipinski definition) is 5. The van der Waals surface area contributed by atoms with Crippen LogP contribution in [0.25, 0.3) is 0 Å². The van der Waals surface area contributed by atoms with Gasteiger partial charge in [0.15, 0.2) is 12.1 Å². The number of nitrogens with one attached hydrogen (secondary N) is 1. The highest BCUT2D eigenvalue weighted by Gasteiger charge is 2.60. The standard InChI is InChI=1S/C19H15F5N4O2/c20-18(21)9-30-16(25)28-17(18)6-5-10-1-3-12(7-13(10)17)27-15(29)14-4-2-11(8-26-14)19(22,23)24/h1-4,7-8H,5-6,9H2,(H2,25,28)(H,27,29)/t17-/m1/s1. The van der Waals surface area contributed by atoms with Gasteiger partial charge in [-0.3, -0.25) is 9.78 Å². The summed E-state index contributed by atoms with van der Waals surface area (Å²) in [5.74, 6) is -4.09. The number of rotatable bonds is 2. The minimum absolute atomic E-state index is 0.0251. The van der Waals surface area contributed by atoms with E-state index in [1.165, 1.54) is 12.1 Å². The van der Waals surface area contributed by atoms with Crippen LogP contribution in [0.3, 0.4) is 0 Å². The number of aromatic nitrogens is 1. The first-order valence-corrected chi connectivity index (χ1v) is 8.86. The fraction of sp³-hybridized carbons (Fsp3) is 0.316. The Balaban J connectivity index is 1.62. The largest absolute Gasteiger partial charge is 0.459 e. The monoisotopic (exact) mass is 426 g/mol. The number of alkyl halides is 5. The molecule has 1 aliphatic heterocycles. The van der Waals surface area contributed by atoms with Gasteiger partial charge < -0.3 is 15.8 Å². The smallest absolute Gasteiger partial charge is 0.417 e. The Morgan fingerprint density at radius 1 is 1.20 bits per heavy atom. The topological polar surface area (TPSA) is 89.6 Å². The third kappa shape index (κ3) is 3.23. The highest BCUT2D eigenvalue weighted by atomic mass is 19.4. The fourth-order valence-electron chi connectivity index (χ4n) is 3.68. The Morgan fingerprint density at radius 3 is 2.63 bits per heavy atom. The van der Waals surface area contributed by atoms with Gasteiger partial charge in [0.1, 0.15) is 5.69 Å². The number of hydrogen-bond donors (Lipinski definition) is 2. The SMILES string of the molecule is NC1=N[C@@]2(CCc3ccc(NC(=O)c4ccc(C(F)(F)F)cn4)cc32)C(F)(F)CO1. The third-order valence-electron chi connectivity index (χ3n) is 5.20. The van der Waals surface area contributed by atoms with Crippen LogP contribution in [-0.4, -0.2) is 29.4 Å². The highest BCUT2D eigenvalue weighted by molar-refractivity contribution is 6.02. The number of benzene rings is 1. The van der Waals surface area contributed by atoms with Crippen LogP contribution >= 0.6 is 0 Å². The quantitative estimate of drug-likeness (QED) is 0.720. The Morgan fingerprint density at radius 2 is 1.97 bits per heavy atom. The molecule has 4 rings (SSSR count). The molecule has 0 saturated heterocycles. The first-order valence-electron chi connectivity index (χ1n) is 8.86. The molecule has 0 unspecified atom stereocenters. The minimum atomic E-state index is -4.58. The number of nitrogens with zero attached hydrogens (tertiary/aromatic N) is 2. The van der Waals surface area contributed by atoms with E-state index >= 15 is 0 Å². The van der Waals surface area contributed by atoms with Crippen molar-refractivity contribution in [1.29, 1.82) is 0 Å². The summed E-state index contributed by atoms with van der Waals surface area (Å²) in [6.45, 7) is -0.909. The molecule has 0 radical (unpaired) electrons. The van der Waals surface area contributed by atoms with Crippen molar-refractivity contribution in [2.75, 3.05) is 11.9 Å². The number of pyridine rings is 1. The van der Waals surface area contributed by atoms with E-state index in [4.69, 9.17) is 10.5 Å². The van der Waals surface area contributed by atoms with Crippen molar-refractivity contribution in [2.24, 2.45) is 10.7 Å². The van der Waals surface area contributed by atoms with E-state index in [2.05, 4.69) is 15.3 Å². The number of aliphatic imine (C=N–C) groups is 1. The zero-order valence-electron chi connectivity index (χ0n) is 15.3. The predicted octanol–water partition coefficient (Wildman–Crippen LogP) is 3.47. The number of anilines is 1. The molecule has 2 aromatic rings. The lowest BCUT2D eigenvalue weighted by Crippen LogP contribution is -2.51. The van der Waals surface area contributed by atoms with Crippen molar-refractivity contribution in [2.45, 2.75) is 30.5 Å². The van der Waals surface area contributed by atoms with Crippen molar-refractivity contribution in [3.8, 4) is 0 Å². The van der Waals surface area contributed by atoms with Crippen LogP contribution in [0.5, 0.6) is 0 Å². The van der Waals surface area contributed by atoms with Gasteiger partial charge in [0.05, 0.1) is 5.56 Å². The Labute approximate surface area is 167 Å². The molecule has 1 aromatic carbocycles. The fourth-order valence-corrected chi connectivity index (χ4v) is 3.68. The number of amides is 1. The number of ether oxygens (including phenoxy) is 1. The minimum Gasteiger partial charge on any atom is -0.459 e. The maximum absolute atomic E-state index is 14.7. The van der Waals surface area contributed by atoms with Crippen LogP contribution in [0.15, 0.2) is 41.5 Å². The van der Waals surface area contributed by atoms with E-state index in [-0.39, 0.29) is 29.4 Å². The summed E-state index contributed by atoms with van der Waals surface area (Å²) in [7, 11) is 0. The van der Waals surface area contributed by atoms with Crippen molar-refractivity contribution < 1.29 is 31.5 Å². The lowest BCUT2D eigenvalue weighted by atomic mass is 9.85. The van der Waals surface area contributed by atoms with Gasteiger partial charge in [0.2, 0.25) is 0 Å². The molecule has 11 heteroatoms. The van der Waals surface area contributed by atoms with Gasteiger partial charge >= 0.3 is 12.1 Å². The lowest BCUT2D eigenvalue weighted by Gasteiger charge is -2.37. The van der Waals surface area contributed by atoms with Crippen LogP contribution in [0.1, 0.15) is 33.6 Å². The molecule has 158 valence electrons. The molecule has 0 saturated carbocycles. The number of aryl methyl sites for hydroxylation is 1. The van der Waals surface area contributed by atoms with Crippen molar-refractivity contribution in [3.63, 3.8) is 0 Å². The summed E-state index contributed by atoms with van der Waals surface area (Å²) in [6, 6.07) is 5.82. The summed E-state index contributed by atoms with van der Waals surface area (Å²) in [4.78, 5) is 19.8. The van der Waals surface area contributed by atoms with Crippen LogP contribution in [0.4, 0.5) is 27.6 Å². The van der Waals surface area contributed by atoms with E-state index < -0.39 is 35.7 Å². The summed E-state index contributed by atoms with van der Waals surface area (Å²) < 4.78 is 72.1. The summed E-state index contributed by atoms with van der Waals surface area (Å²) >= 11 is 0. The Hall–Kier alpha value is -3.24. The van der Waals surface area contributed by atoms with Crippen molar-refractivity contribution in [1.82, 2.24) is 4.98 Å². The molecule has 1 amide bonds. The van der Waals surface area contributed by atoms with Crippen LogP contribution in [-0.2, 0) is 22.9 Å². The van der Waals surface area contributed by atoms with Crippen molar-refractivity contribution >= 4 is 17.6 Å². The summed E-state index contributed by atoms with van der Waals surface area (Å²) in [5.41, 5.74) is 3.44. The Kier molecular flexibility index (Phi) is 4.44. The second kappa shape index (κ2) is 6.64. The molecule has 6 nitrogen and oxygen atoms in total. The van der Waals surface area contributed by atoms with Crippen molar-refractivity contribution in [3.05, 3.63) is 58.9 Å². The first-order chi connectivity index (χ1) is 14.0. The maximum Gasteiger partial charge on any atom is 0.417 e. The molecule has 2 heterocycles. The average molecular weight is 426 g/mol. The zero-order valence-corrected chi connectivity index (χ0v) is 15.3. The normalized spacial score (nSPS) is 22.2. The Bertz CT molecular complexity index is 1040. The van der Waals surface area contributed by atoms with Gasteiger partial charge in [-0.15, -0.1) is 0 Å². The second-order valence-corrected chi connectivity index (χ2v) is 7.06. The van der Waals surface area contributed by atoms with E-state index in [9.17, 15) is 26.7 Å². The van der Waals surface area contributed by atoms with Crippen LogP contribution in [0, 0.1) is 0 Å². The van der Waals surface area contributed by atoms with E-state index in [0.717, 1.165) is 12.1 Å². The molecule has 0 fully saturated rings. The molecule has 1 aromatic heterocycles. The molecule has 0 bridgehead atoms. The number of nitrogens with two attached hydrogens (primary N) is 1. The third-order valence-corrected chi connectivity index (χ3v) is 5.20. The number of fused-ring (bicyclic) bond motifs is 2. The van der Waals surface area contributed by atoms with Gasteiger partial charge in [0.25, 0.3) is 11.9 Å². The van der Waals surface area contributed by atoms with Gasteiger partial charge in [-0.25, -0.2) is 4.99 Å². The molecule has 30 heavy (non-hydrogen) atoms. The molecule has 1 spiro atoms. The van der Waals surface area contributed by atoms with Gasteiger partial charge in [-0.05, 0) is 48.2 Å². The summed E-state index contributed by atoms with van der Waals surface area (Å²) in [6.07, 6.45) is -3.66. The predicted molar refractivity (Wildman–Crippen MR) is 96.2 cm³/mol. The molecular formula is C19H15F5N4O2. The summed E-state index contributed by atoms with van der Waals surface area (Å²) in [5, 5.41) is 2.47. The lowest BCUT2D eigenvalue weighted by molar-refractivity contribution is -0.137. The number of amidine groups is 1. The molecular weight excluding hydrogens is 411 g/mol. The van der Waals surface area contributed by atoms with Gasteiger partial charge in [0, 0.05) is 11.9 Å². The van der Waals surface area contributed by atoms with E-state index in [1.807, 2.05) is 0 Å². The van der Waals surface area contributed by atoms with Crippen LogP contribution in [0.2, 0.25) is 0 Å². The number of carbonyl (C=O) groups is 1. The molecule has 1 aliphatic carbocycles. The molecule has 3 N–H and O–H groups in total. The first kappa shape index (κ1) is 20.0. The number of carbonyl (C=O) groups excluding carboxylic acids is 1. The number of halogens is 5. The van der Waals surface area contributed by atoms with Crippen LogP contribution < -0.4 is 11.1 Å². The van der Waals surface area contributed by atoms with Gasteiger partial charge in [-0.2, -0.15) is 22.0 Å². The van der Waals surface area contributed by atoms with E-state index in [1.54, 1.807) is 6.07 Å². The average Bonchev–Trinajstić information content (AvgIpc) is 3.04. The maximum atomic E-state index is 14.7. The second-order valence-electron chi connectivity index (χ2n) is 7.06. The molecule has 2 aliphatic rings. The zero-order chi connectivity index (χ0) is 21.7. The molecule has 1 atom stereocenters. The van der Waals surface area contributed by atoms with E-state index in [0.29, 0.717) is 18.2 Å². The van der Waals surface area contributed by atoms with Gasteiger partial charge in [-0.1, -0.05) is 6.07 Å².